The molecular formula is C8H12S2. The van der Waals surface area contributed by atoms with Crippen LogP contribution in [0, 0.1) is 11.8 Å². The summed E-state index contributed by atoms with van der Waals surface area (Å²) in [7, 11) is 0. The third-order valence-electron chi connectivity index (χ3n) is 1.22. The average Bonchev–Trinajstić information content (AvgIpc) is 2.03. The predicted molar refractivity (Wildman–Crippen MR) is 51.4 cm³/mol. The molecule has 0 saturated carbocycles. The Balaban J connectivity index is 2.25. The molecule has 56 valence electrons. The van der Waals surface area contributed by atoms with Crippen LogP contribution in [-0.2, 0) is 0 Å². The molecule has 1 aliphatic heterocycles. The summed E-state index contributed by atoms with van der Waals surface area (Å²) in [6.45, 7) is 2.10. The lowest BCUT2D eigenvalue weighted by Crippen LogP contribution is -2.03. The van der Waals surface area contributed by atoms with Gasteiger partial charge < -0.3 is 0 Å². The summed E-state index contributed by atoms with van der Waals surface area (Å²) in [5.41, 5.74) is 0. The van der Waals surface area contributed by atoms with Crippen molar-refractivity contribution in [3.05, 3.63) is 0 Å². The maximum atomic E-state index is 3.25. The predicted octanol–water partition coefficient (Wildman–Crippen LogP) is 2.60. The van der Waals surface area contributed by atoms with Crippen LogP contribution in [-0.4, -0.2) is 16.1 Å². The summed E-state index contributed by atoms with van der Waals surface area (Å²) >= 11 is 3.98. The molecule has 0 amide bonds. The summed E-state index contributed by atoms with van der Waals surface area (Å²) < 4.78 is 0.578. The second-order valence-electron chi connectivity index (χ2n) is 2.10. The van der Waals surface area contributed by atoms with Crippen LogP contribution in [0.15, 0.2) is 0 Å². The van der Waals surface area contributed by atoms with Gasteiger partial charge in [-0.3, -0.25) is 0 Å². The highest BCUT2D eigenvalue weighted by Gasteiger charge is 2.10. The highest BCUT2D eigenvalue weighted by molar-refractivity contribution is 8.17. The first-order chi connectivity index (χ1) is 4.93. The molecule has 0 spiro atoms. The Hall–Kier alpha value is 0.260. The molecule has 0 N–H and O–H groups in total. The van der Waals surface area contributed by atoms with Crippen LogP contribution in [0.25, 0.3) is 0 Å². The normalized spacial score (nSPS) is 19.7. The van der Waals surface area contributed by atoms with E-state index in [2.05, 4.69) is 18.8 Å². The summed E-state index contributed by atoms with van der Waals surface area (Å²) in [6.07, 6.45) is 2.36. The Morgan fingerprint density at radius 3 is 2.70 bits per heavy atom. The van der Waals surface area contributed by atoms with Crippen molar-refractivity contribution in [2.24, 2.45) is 0 Å². The molecule has 1 fully saturated rings. The second kappa shape index (κ2) is 4.98. The fourth-order valence-corrected chi connectivity index (χ4v) is 3.28. The largest absolute Gasteiger partial charge is 0.135 e. The Morgan fingerprint density at radius 1 is 1.40 bits per heavy atom. The zero-order valence-corrected chi connectivity index (χ0v) is 7.86. The summed E-state index contributed by atoms with van der Waals surface area (Å²) in [4.78, 5) is 0. The lowest BCUT2D eigenvalue weighted by molar-refractivity contribution is 1.11. The lowest BCUT2D eigenvalue weighted by Gasteiger charge is -2.14. The van der Waals surface area contributed by atoms with Crippen LogP contribution in [0.1, 0.15) is 19.8 Å². The molecule has 1 rings (SSSR count). The maximum Gasteiger partial charge on any atom is 0.111 e. The van der Waals surface area contributed by atoms with Crippen LogP contribution in [0.4, 0.5) is 0 Å². The van der Waals surface area contributed by atoms with Crippen molar-refractivity contribution in [1.82, 2.24) is 0 Å². The Bertz CT molecular complexity index is 137. The second-order valence-corrected chi connectivity index (χ2v) is 4.83. The molecular weight excluding hydrogens is 160 g/mol. The Labute approximate surface area is 71.5 Å². The van der Waals surface area contributed by atoms with Crippen molar-refractivity contribution in [1.29, 1.82) is 0 Å². The molecule has 0 aliphatic carbocycles. The first-order valence-electron chi connectivity index (χ1n) is 3.65. The molecule has 0 nitrogen and oxygen atoms in total. The summed E-state index contributed by atoms with van der Waals surface area (Å²) in [6, 6.07) is 0. The van der Waals surface area contributed by atoms with Gasteiger partial charge in [0.15, 0.2) is 0 Å². The maximum absolute atomic E-state index is 3.25. The lowest BCUT2D eigenvalue weighted by atomic mass is 10.5. The van der Waals surface area contributed by atoms with Gasteiger partial charge in [-0.25, -0.2) is 0 Å². The molecule has 1 heterocycles. The van der Waals surface area contributed by atoms with Gasteiger partial charge in [0.1, 0.15) is 4.58 Å². The van der Waals surface area contributed by atoms with Gasteiger partial charge in [0.05, 0.1) is 0 Å². The van der Waals surface area contributed by atoms with Crippen LogP contribution >= 0.6 is 23.5 Å². The summed E-state index contributed by atoms with van der Waals surface area (Å²) in [5, 5.41) is 0. The molecule has 0 unspecified atom stereocenters. The van der Waals surface area contributed by atoms with E-state index in [1.54, 1.807) is 0 Å². The van der Waals surface area contributed by atoms with Gasteiger partial charge >= 0.3 is 0 Å². The smallest absolute Gasteiger partial charge is 0.111 e. The number of hydrogen-bond acceptors (Lipinski definition) is 2. The third kappa shape index (κ3) is 2.90. The van der Waals surface area contributed by atoms with Crippen LogP contribution in [0.3, 0.4) is 0 Å². The van der Waals surface area contributed by atoms with Gasteiger partial charge in [0.25, 0.3) is 0 Å². The molecule has 0 aromatic heterocycles. The minimum absolute atomic E-state index is 0.578. The fraction of sp³-hybridized carbons (Fsp3) is 0.750. The van der Waals surface area contributed by atoms with Crippen molar-refractivity contribution in [2.75, 3.05) is 11.5 Å². The van der Waals surface area contributed by atoms with E-state index in [-0.39, 0.29) is 0 Å². The molecule has 0 aromatic rings. The standard InChI is InChI=1S/C8H12S2/c1-2-3-5-8-9-6-4-7-10-8/h8H,2,4,6-7H2,1H3. The van der Waals surface area contributed by atoms with Gasteiger partial charge in [-0.2, -0.15) is 0 Å². The van der Waals surface area contributed by atoms with E-state index in [0.717, 1.165) is 6.42 Å². The number of hydrogen-bond donors (Lipinski definition) is 0. The van der Waals surface area contributed by atoms with Crippen molar-refractivity contribution >= 4 is 23.5 Å². The molecule has 1 saturated heterocycles. The third-order valence-corrected chi connectivity index (χ3v) is 3.93. The van der Waals surface area contributed by atoms with Gasteiger partial charge in [0.2, 0.25) is 0 Å². The van der Waals surface area contributed by atoms with Crippen molar-refractivity contribution in [3.8, 4) is 11.8 Å². The molecule has 10 heavy (non-hydrogen) atoms. The first kappa shape index (κ1) is 8.36. The topological polar surface area (TPSA) is 0 Å². The molecule has 0 aromatic carbocycles. The SMILES string of the molecule is CCC#CC1SCCCS1. The highest BCUT2D eigenvalue weighted by atomic mass is 32.2. The van der Waals surface area contributed by atoms with Crippen molar-refractivity contribution in [3.63, 3.8) is 0 Å². The zero-order chi connectivity index (χ0) is 7.23. The molecule has 2 heteroatoms. The minimum Gasteiger partial charge on any atom is -0.135 e. The van der Waals surface area contributed by atoms with Gasteiger partial charge in [-0.05, 0) is 17.9 Å². The average molecular weight is 172 g/mol. The van der Waals surface area contributed by atoms with Crippen LogP contribution < -0.4 is 0 Å². The number of thioether (sulfide) groups is 2. The highest BCUT2D eigenvalue weighted by Crippen LogP contribution is 2.29. The first-order valence-corrected chi connectivity index (χ1v) is 5.75. The minimum atomic E-state index is 0.578. The molecule has 0 bridgehead atoms. The fourth-order valence-electron chi connectivity index (χ4n) is 0.757. The Morgan fingerprint density at radius 2 is 2.10 bits per heavy atom. The molecule has 1 aliphatic rings. The van der Waals surface area contributed by atoms with Crippen molar-refractivity contribution in [2.45, 2.75) is 24.3 Å². The van der Waals surface area contributed by atoms with E-state index in [0.29, 0.717) is 4.58 Å². The zero-order valence-electron chi connectivity index (χ0n) is 6.22. The van der Waals surface area contributed by atoms with Gasteiger partial charge in [-0.1, -0.05) is 12.8 Å². The quantitative estimate of drug-likeness (QED) is 0.515. The van der Waals surface area contributed by atoms with Crippen LogP contribution in [0.5, 0.6) is 0 Å². The Kier molecular flexibility index (Phi) is 4.16. The van der Waals surface area contributed by atoms with Crippen molar-refractivity contribution < 1.29 is 0 Å². The van der Waals surface area contributed by atoms with E-state index < -0.39 is 0 Å². The van der Waals surface area contributed by atoms with E-state index in [9.17, 15) is 0 Å². The van der Waals surface area contributed by atoms with Crippen LogP contribution in [0.2, 0.25) is 0 Å². The van der Waals surface area contributed by atoms with E-state index in [1.165, 1.54) is 17.9 Å². The summed E-state index contributed by atoms with van der Waals surface area (Å²) in [5.74, 6) is 8.98. The van der Waals surface area contributed by atoms with Gasteiger partial charge in [-0.15, -0.1) is 29.4 Å². The van der Waals surface area contributed by atoms with Gasteiger partial charge in [0, 0.05) is 6.42 Å². The monoisotopic (exact) mass is 172 g/mol. The van der Waals surface area contributed by atoms with E-state index >= 15 is 0 Å². The molecule has 0 radical (unpaired) electrons. The van der Waals surface area contributed by atoms with E-state index in [4.69, 9.17) is 0 Å². The molecule has 0 atom stereocenters. The number of rotatable bonds is 0. The van der Waals surface area contributed by atoms with E-state index in [1.807, 2.05) is 23.5 Å².